The van der Waals surface area contributed by atoms with Crippen molar-refractivity contribution in [2.45, 2.75) is 19.9 Å². The lowest BCUT2D eigenvalue weighted by Crippen LogP contribution is -2.44. The monoisotopic (exact) mass is 172 g/mol. The molecule has 1 aliphatic rings. The van der Waals surface area contributed by atoms with Crippen LogP contribution in [0.3, 0.4) is 0 Å². The maximum absolute atomic E-state index is 5.71. The SMILES string of the molecule is CC(C)N(N)C1=C(N)NCCO1. The smallest absolute Gasteiger partial charge is 0.245 e. The number of ether oxygens (including phenoxy) is 1. The lowest BCUT2D eigenvalue weighted by Gasteiger charge is -2.29. The molecule has 12 heavy (non-hydrogen) atoms. The van der Waals surface area contributed by atoms with Crippen LogP contribution in [0.15, 0.2) is 11.7 Å². The van der Waals surface area contributed by atoms with Gasteiger partial charge in [0.15, 0.2) is 5.82 Å². The topological polar surface area (TPSA) is 76.5 Å². The Labute approximate surface area is 72.3 Å². The van der Waals surface area contributed by atoms with Crippen LogP contribution in [0.2, 0.25) is 0 Å². The zero-order chi connectivity index (χ0) is 9.14. The van der Waals surface area contributed by atoms with Crippen molar-refractivity contribution in [2.75, 3.05) is 13.2 Å². The number of rotatable bonds is 2. The average molecular weight is 172 g/mol. The van der Waals surface area contributed by atoms with E-state index in [9.17, 15) is 0 Å². The lowest BCUT2D eigenvalue weighted by molar-refractivity contribution is 0.0773. The number of hydrogen-bond donors (Lipinski definition) is 3. The van der Waals surface area contributed by atoms with Crippen LogP contribution in [0.25, 0.3) is 0 Å². The zero-order valence-electron chi connectivity index (χ0n) is 7.50. The fraction of sp³-hybridized carbons (Fsp3) is 0.714. The highest BCUT2D eigenvalue weighted by atomic mass is 16.5. The highest BCUT2D eigenvalue weighted by Gasteiger charge is 2.17. The van der Waals surface area contributed by atoms with E-state index in [-0.39, 0.29) is 6.04 Å². The van der Waals surface area contributed by atoms with E-state index in [1.54, 1.807) is 0 Å². The molecule has 5 nitrogen and oxygen atoms in total. The first-order valence-electron chi connectivity index (χ1n) is 4.03. The summed E-state index contributed by atoms with van der Waals surface area (Å²) in [5, 5.41) is 4.49. The summed E-state index contributed by atoms with van der Waals surface area (Å²) in [4.78, 5) is 0. The molecular formula is C7H16N4O. The molecule has 0 atom stereocenters. The second kappa shape index (κ2) is 3.53. The van der Waals surface area contributed by atoms with E-state index in [0.717, 1.165) is 6.54 Å². The van der Waals surface area contributed by atoms with E-state index in [2.05, 4.69) is 5.32 Å². The molecule has 5 heteroatoms. The number of hydrogen-bond acceptors (Lipinski definition) is 5. The summed E-state index contributed by atoms with van der Waals surface area (Å²) < 4.78 is 5.31. The summed E-state index contributed by atoms with van der Waals surface area (Å²) in [5.74, 6) is 6.76. The Bertz CT molecular complexity index is 190. The van der Waals surface area contributed by atoms with E-state index < -0.39 is 0 Å². The molecule has 0 fully saturated rings. The van der Waals surface area contributed by atoms with Crippen molar-refractivity contribution < 1.29 is 4.74 Å². The van der Waals surface area contributed by atoms with Crippen LogP contribution in [0.4, 0.5) is 0 Å². The van der Waals surface area contributed by atoms with Crippen molar-refractivity contribution in [3.05, 3.63) is 11.7 Å². The second-order valence-corrected chi connectivity index (χ2v) is 3.00. The maximum atomic E-state index is 5.71. The van der Waals surface area contributed by atoms with E-state index in [1.807, 2.05) is 13.8 Å². The van der Waals surface area contributed by atoms with Gasteiger partial charge in [-0.1, -0.05) is 0 Å². The number of nitrogens with two attached hydrogens (primary N) is 2. The van der Waals surface area contributed by atoms with Crippen molar-refractivity contribution in [1.82, 2.24) is 10.3 Å². The lowest BCUT2D eigenvalue weighted by atomic mass is 10.4. The molecule has 0 saturated heterocycles. The van der Waals surface area contributed by atoms with Crippen LogP contribution in [0.5, 0.6) is 0 Å². The summed E-state index contributed by atoms with van der Waals surface area (Å²) in [6, 6.07) is 0.179. The fourth-order valence-corrected chi connectivity index (χ4v) is 0.935. The van der Waals surface area contributed by atoms with Crippen LogP contribution in [-0.4, -0.2) is 24.2 Å². The third-order valence-corrected chi connectivity index (χ3v) is 1.68. The Hall–Kier alpha value is -1.10. The van der Waals surface area contributed by atoms with Crippen molar-refractivity contribution in [2.24, 2.45) is 11.6 Å². The molecule has 0 aromatic rings. The van der Waals surface area contributed by atoms with Crippen molar-refractivity contribution in [3.8, 4) is 0 Å². The van der Waals surface area contributed by atoms with Gasteiger partial charge in [-0.15, -0.1) is 0 Å². The Morgan fingerprint density at radius 1 is 1.58 bits per heavy atom. The quantitative estimate of drug-likeness (QED) is 0.378. The summed E-state index contributed by atoms with van der Waals surface area (Å²) >= 11 is 0. The van der Waals surface area contributed by atoms with Crippen molar-refractivity contribution >= 4 is 0 Å². The van der Waals surface area contributed by atoms with Crippen molar-refractivity contribution in [1.29, 1.82) is 0 Å². The van der Waals surface area contributed by atoms with Gasteiger partial charge in [-0.3, -0.25) is 5.01 Å². The van der Waals surface area contributed by atoms with E-state index in [4.69, 9.17) is 16.3 Å². The molecule has 0 saturated carbocycles. The fourth-order valence-electron chi connectivity index (χ4n) is 0.935. The van der Waals surface area contributed by atoms with Crippen LogP contribution in [0, 0.1) is 0 Å². The molecule has 0 unspecified atom stereocenters. The zero-order valence-corrected chi connectivity index (χ0v) is 7.50. The second-order valence-electron chi connectivity index (χ2n) is 3.00. The molecular weight excluding hydrogens is 156 g/mol. The Morgan fingerprint density at radius 2 is 2.25 bits per heavy atom. The van der Waals surface area contributed by atoms with Crippen molar-refractivity contribution in [3.63, 3.8) is 0 Å². The molecule has 5 N–H and O–H groups in total. The molecule has 1 aliphatic heterocycles. The van der Waals surface area contributed by atoms with Gasteiger partial charge in [-0.25, -0.2) is 5.84 Å². The van der Waals surface area contributed by atoms with E-state index in [1.165, 1.54) is 5.01 Å². The standard InChI is InChI=1S/C7H16N4O/c1-5(2)11(9)7-6(8)10-3-4-12-7/h5,10H,3-4,8-9H2,1-2H3. The molecule has 1 rings (SSSR count). The Balaban J connectivity index is 2.70. The predicted octanol–water partition coefficient (Wildman–Crippen LogP) is -0.724. The molecule has 0 radical (unpaired) electrons. The average Bonchev–Trinajstić information content (AvgIpc) is 2.04. The van der Waals surface area contributed by atoms with Gasteiger partial charge < -0.3 is 15.8 Å². The van der Waals surface area contributed by atoms with Crippen LogP contribution in [-0.2, 0) is 4.74 Å². The van der Waals surface area contributed by atoms with Gasteiger partial charge in [0, 0.05) is 6.04 Å². The van der Waals surface area contributed by atoms with Gasteiger partial charge in [-0.05, 0) is 13.8 Å². The summed E-state index contributed by atoms with van der Waals surface area (Å²) in [6.45, 7) is 5.29. The highest BCUT2D eigenvalue weighted by molar-refractivity contribution is 5.03. The van der Waals surface area contributed by atoms with Gasteiger partial charge in [0.1, 0.15) is 6.61 Å². The first-order valence-corrected chi connectivity index (χ1v) is 4.03. The minimum absolute atomic E-state index is 0.179. The third kappa shape index (κ3) is 1.73. The molecule has 0 bridgehead atoms. The molecule has 0 amide bonds. The maximum Gasteiger partial charge on any atom is 0.245 e. The highest BCUT2D eigenvalue weighted by Crippen LogP contribution is 2.09. The predicted molar refractivity (Wildman–Crippen MR) is 46.3 cm³/mol. The number of hydrazine groups is 1. The molecule has 1 heterocycles. The van der Waals surface area contributed by atoms with Gasteiger partial charge in [0.2, 0.25) is 5.88 Å². The first-order chi connectivity index (χ1) is 5.63. The first kappa shape index (κ1) is 8.99. The largest absolute Gasteiger partial charge is 0.474 e. The van der Waals surface area contributed by atoms with E-state index >= 15 is 0 Å². The van der Waals surface area contributed by atoms with E-state index in [0.29, 0.717) is 18.3 Å². The normalized spacial score (nSPS) is 17.3. The summed E-state index contributed by atoms with van der Waals surface area (Å²) in [7, 11) is 0. The van der Waals surface area contributed by atoms with Gasteiger partial charge in [-0.2, -0.15) is 0 Å². The van der Waals surface area contributed by atoms with Gasteiger partial charge in [0.25, 0.3) is 0 Å². The Kier molecular flexibility index (Phi) is 2.65. The molecule has 0 aliphatic carbocycles. The number of nitrogens with zero attached hydrogens (tertiary/aromatic N) is 1. The third-order valence-electron chi connectivity index (χ3n) is 1.68. The summed E-state index contributed by atoms with van der Waals surface area (Å²) in [6.07, 6.45) is 0. The Morgan fingerprint density at radius 3 is 2.75 bits per heavy atom. The van der Waals surface area contributed by atoms with Gasteiger partial charge >= 0.3 is 0 Å². The molecule has 0 aromatic carbocycles. The minimum Gasteiger partial charge on any atom is -0.474 e. The van der Waals surface area contributed by atoms with Gasteiger partial charge in [0.05, 0.1) is 6.54 Å². The molecule has 70 valence electrons. The molecule has 0 aromatic heterocycles. The minimum atomic E-state index is 0.179. The number of nitrogens with one attached hydrogen (secondary N) is 1. The molecule has 0 spiro atoms. The van der Waals surface area contributed by atoms with Crippen LogP contribution in [0.1, 0.15) is 13.8 Å². The summed E-state index contributed by atoms with van der Waals surface area (Å²) in [5.41, 5.74) is 5.64. The van der Waals surface area contributed by atoms with Crippen LogP contribution < -0.4 is 16.9 Å². The van der Waals surface area contributed by atoms with Crippen LogP contribution >= 0.6 is 0 Å².